The molecular weight excluding hydrogens is 200 g/mol. The molecule has 3 atom stereocenters. The van der Waals surface area contributed by atoms with Gasteiger partial charge in [-0.05, 0) is 33.2 Å². The minimum Gasteiger partial charge on any atom is -0.374 e. The highest BCUT2D eigenvalue weighted by molar-refractivity contribution is 4.83. The van der Waals surface area contributed by atoms with Crippen molar-refractivity contribution in [3.05, 3.63) is 0 Å². The van der Waals surface area contributed by atoms with Crippen LogP contribution in [-0.2, 0) is 4.74 Å². The van der Waals surface area contributed by atoms with Crippen LogP contribution in [0.25, 0.3) is 0 Å². The second-order valence-electron chi connectivity index (χ2n) is 5.71. The molecule has 0 radical (unpaired) electrons. The van der Waals surface area contributed by atoms with E-state index < -0.39 is 0 Å². The molecule has 0 spiro atoms. The van der Waals surface area contributed by atoms with Crippen LogP contribution in [0.15, 0.2) is 0 Å². The molecule has 94 valence electrons. The number of ether oxygens (including phenoxy) is 1. The molecule has 0 amide bonds. The standard InChI is InChI=1S/C13H26N2O/c1-10(8-12-4-5-12)14-11(2)13-9-15(3)6-7-16-13/h10-14H,4-9H2,1-3H3. The maximum atomic E-state index is 5.83. The summed E-state index contributed by atoms with van der Waals surface area (Å²) in [6, 6.07) is 1.11. The van der Waals surface area contributed by atoms with Gasteiger partial charge in [-0.2, -0.15) is 0 Å². The quantitative estimate of drug-likeness (QED) is 0.768. The zero-order chi connectivity index (χ0) is 11.5. The molecule has 0 bridgehead atoms. The van der Waals surface area contributed by atoms with Crippen molar-refractivity contribution in [3.8, 4) is 0 Å². The molecule has 16 heavy (non-hydrogen) atoms. The Balaban J connectivity index is 1.70. The molecule has 1 heterocycles. The number of nitrogens with zero attached hydrogens (tertiary/aromatic N) is 1. The molecule has 3 unspecified atom stereocenters. The summed E-state index contributed by atoms with van der Waals surface area (Å²) in [5.74, 6) is 1.00. The van der Waals surface area contributed by atoms with Gasteiger partial charge < -0.3 is 15.0 Å². The lowest BCUT2D eigenvalue weighted by atomic mass is 10.1. The summed E-state index contributed by atoms with van der Waals surface area (Å²) in [6.45, 7) is 7.57. The molecule has 1 N–H and O–H groups in total. The highest BCUT2D eigenvalue weighted by atomic mass is 16.5. The van der Waals surface area contributed by atoms with Crippen molar-refractivity contribution in [2.24, 2.45) is 5.92 Å². The minimum absolute atomic E-state index is 0.361. The van der Waals surface area contributed by atoms with Gasteiger partial charge in [-0.15, -0.1) is 0 Å². The molecule has 3 nitrogen and oxygen atoms in total. The Morgan fingerprint density at radius 3 is 2.75 bits per heavy atom. The van der Waals surface area contributed by atoms with Crippen LogP contribution in [0.4, 0.5) is 0 Å². The zero-order valence-electron chi connectivity index (χ0n) is 10.9. The topological polar surface area (TPSA) is 24.5 Å². The van der Waals surface area contributed by atoms with E-state index in [1.807, 2.05) is 0 Å². The van der Waals surface area contributed by atoms with Gasteiger partial charge >= 0.3 is 0 Å². The molecule has 1 saturated heterocycles. The fraction of sp³-hybridized carbons (Fsp3) is 1.00. The van der Waals surface area contributed by atoms with E-state index in [4.69, 9.17) is 4.74 Å². The molecule has 2 aliphatic rings. The van der Waals surface area contributed by atoms with E-state index in [1.165, 1.54) is 19.3 Å². The van der Waals surface area contributed by atoms with Crippen molar-refractivity contribution in [3.63, 3.8) is 0 Å². The summed E-state index contributed by atoms with van der Waals surface area (Å²) in [6.07, 6.45) is 4.60. The molecule has 2 fully saturated rings. The highest BCUT2D eigenvalue weighted by Gasteiger charge is 2.27. The number of hydrogen-bond donors (Lipinski definition) is 1. The van der Waals surface area contributed by atoms with Gasteiger partial charge in [0.05, 0.1) is 12.7 Å². The van der Waals surface area contributed by atoms with Crippen molar-refractivity contribution < 1.29 is 4.74 Å². The maximum Gasteiger partial charge on any atom is 0.0852 e. The average molecular weight is 226 g/mol. The maximum absolute atomic E-state index is 5.83. The van der Waals surface area contributed by atoms with Crippen molar-refractivity contribution in [2.75, 3.05) is 26.7 Å². The van der Waals surface area contributed by atoms with Gasteiger partial charge in [0.2, 0.25) is 0 Å². The predicted octanol–water partition coefficient (Wildman–Crippen LogP) is 1.48. The van der Waals surface area contributed by atoms with Gasteiger partial charge in [0, 0.05) is 25.2 Å². The molecule has 1 aliphatic carbocycles. The van der Waals surface area contributed by atoms with Crippen LogP contribution < -0.4 is 5.32 Å². The smallest absolute Gasteiger partial charge is 0.0852 e. The van der Waals surface area contributed by atoms with E-state index in [0.29, 0.717) is 18.2 Å². The molecule has 1 aliphatic heterocycles. The summed E-state index contributed by atoms with van der Waals surface area (Å²) in [4.78, 5) is 2.36. The van der Waals surface area contributed by atoms with Crippen molar-refractivity contribution in [1.82, 2.24) is 10.2 Å². The third kappa shape index (κ3) is 3.72. The number of morpholine rings is 1. The number of rotatable bonds is 5. The molecule has 3 heteroatoms. The first-order valence-corrected chi connectivity index (χ1v) is 6.71. The first-order chi connectivity index (χ1) is 7.65. The lowest BCUT2D eigenvalue weighted by Gasteiger charge is -2.35. The third-order valence-corrected chi connectivity index (χ3v) is 3.79. The Kier molecular flexibility index (Phi) is 4.22. The Hall–Kier alpha value is -0.120. The summed E-state index contributed by atoms with van der Waals surface area (Å²) >= 11 is 0. The Morgan fingerprint density at radius 2 is 2.12 bits per heavy atom. The van der Waals surface area contributed by atoms with Crippen LogP contribution in [0.3, 0.4) is 0 Å². The summed E-state index contributed by atoms with van der Waals surface area (Å²) in [5.41, 5.74) is 0. The first-order valence-electron chi connectivity index (χ1n) is 6.71. The lowest BCUT2D eigenvalue weighted by Crippen LogP contribution is -2.51. The van der Waals surface area contributed by atoms with Crippen LogP contribution >= 0.6 is 0 Å². The van der Waals surface area contributed by atoms with Gasteiger partial charge in [-0.1, -0.05) is 12.8 Å². The normalized spacial score (nSPS) is 31.3. The van der Waals surface area contributed by atoms with Crippen LogP contribution in [0.2, 0.25) is 0 Å². The second-order valence-corrected chi connectivity index (χ2v) is 5.71. The molecule has 2 rings (SSSR count). The Labute approximate surface area is 99.5 Å². The zero-order valence-corrected chi connectivity index (χ0v) is 10.9. The van der Waals surface area contributed by atoms with E-state index in [0.717, 1.165) is 25.6 Å². The largest absolute Gasteiger partial charge is 0.374 e. The van der Waals surface area contributed by atoms with Gasteiger partial charge in [0.25, 0.3) is 0 Å². The van der Waals surface area contributed by atoms with Crippen molar-refractivity contribution >= 4 is 0 Å². The minimum atomic E-state index is 0.361. The van der Waals surface area contributed by atoms with Gasteiger partial charge in [0.15, 0.2) is 0 Å². The molecule has 0 aromatic carbocycles. The Morgan fingerprint density at radius 1 is 1.38 bits per heavy atom. The predicted molar refractivity (Wildman–Crippen MR) is 66.6 cm³/mol. The molecule has 0 aromatic heterocycles. The highest BCUT2D eigenvalue weighted by Crippen LogP contribution is 2.33. The SMILES string of the molecule is CC(CC1CC1)NC(C)C1CN(C)CCO1. The molecule has 0 aromatic rings. The lowest BCUT2D eigenvalue weighted by molar-refractivity contribution is -0.0370. The van der Waals surface area contributed by atoms with Crippen LogP contribution in [-0.4, -0.2) is 49.8 Å². The monoisotopic (exact) mass is 226 g/mol. The molecule has 1 saturated carbocycles. The van der Waals surface area contributed by atoms with Crippen LogP contribution in [0.5, 0.6) is 0 Å². The second kappa shape index (κ2) is 5.48. The van der Waals surface area contributed by atoms with E-state index in [2.05, 4.69) is 31.1 Å². The van der Waals surface area contributed by atoms with Crippen molar-refractivity contribution in [2.45, 2.75) is 51.3 Å². The number of likely N-dealkylation sites (N-methyl/N-ethyl adjacent to an activating group) is 1. The summed E-state index contributed by atoms with van der Waals surface area (Å²) in [5, 5.41) is 3.69. The van der Waals surface area contributed by atoms with Gasteiger partial charge in [-0.3, -0.25) is 0 Å². The van der Waals surface area contributed by atoms with Gasteiger partial charge in [-0.25, -0.2) is 0 Å². The number of nitrogens with one attached hydrogen (secondary N) is 1. The fourth-order valence-electron chi connectivity index (χ4n) is 2.59. The fourth-order valence-corrected chi connectivity index (χ4v) is 2.59. The Bertz CT molecular complexity index is 218. The third-order valence-electron chi connectivity index (χ3n) is 3.79. The van der Waals surface area contributed by atoms with E-state index in [9.17, 15) is 0 Å². The van der Waals surface area contributed by atoms with E-state index in [1.54, 1.807) is 0 Å². The van der Waals surface area contributed by atoms with Crippen molar-refractivity contribution in [1.29, 1.82) is 0 Å². The van der Waals surface area contributed by atoms with Gasteiger partial charge in [0.1, 0.15) is 0 Å². The first kappa shape index (κ1) is 12.3. The number of hydrogen-bond acceptors (Lipinski definition) is 3. The summed E-state index contributed by atoms with van der Waals surface area (Å²) < 4.78 is 5.83. The van der Waals surface area contributed by atoms with E-state index >= 15 is 0 Å². The summed E-state index contributed by atoms with van der Waals surface area (Å²) in [7, 11) is 2.18. The molecular formula is C13H26N2O. The average Bonchev–Trinajstić information content (AvgIpc) is 3.01. The van der Waals surface area contributed by atoms with Crippen LogP contribution in [0.1, 0.15) is 33.1 Å². The van der Waals surface area contributed by atoms with Crippen LogP contribution in [0, 0.1) is 5.92 Å². The van der Waals surface area contributed by atoms with E-state index in [-0.39, 0.29) is 0 Å².